The van der Waals surface area contributed by atoms with Crippen molar-refractivity contribution in [3.63, 3.8) is 0 Å². The summed E-state index contributed by atoms with van der Waals surface area (Å²) in [5.74, 6) is -1.09. The first-order valence-corrected chi connectivity index (χ1v) is 11.6. The second kappa shape index (κ2) is 11.0. The lowest BCUT2D eigenvalue weighted by Crippen LogP contribution is -2.48. The lowest BCUT2D eigenvalue weighted by molar-refractivity contribution is -0.273. The third-order valence-electron chi connectivity index (χ3n) is 5.80. The van der Waals surface area contributed by atoms with Crippen LogP contribution in [0.4, 0.5) is 11.6 Å². The molecule has 1 aromatic heterocycles. The Morgan fingerprint density at radius 3 is 2.67 bits per heavy atom. The SMILES string of the molecule is Cc1cccc(C)c1-c1cc(OCC2COCCCN2)nc(N[N+](O)(O)c2cccc(C(=O)O)c2)n1. The molecule has 0 saturated carbocycles. The average Bonchev–Trinajstić information content (AvgIpc) is 3.11. The maximum atomic E-state index is 11.3. The summed E-state index contributed by atoms with van der Waals surface area (Å²) in [5, 5.41) is 34.0. The molecule has 1 saturated heterocycles. The van der Waals surface area contributed by atoms with E-state index in [1.165, 1.54) is 18.2 Å². The minimum Gasteiger partial charge on any atom is -0.478 e. The maximum Gasteiger partial charge on any atom is 0.335 e. The number of aromatic nitrogens is 2. The number of hydrogen-bond donors (Lipinski definition) is 5. The molecule has 190 valence electrons. The molecule has 4 rings (SSSR count). The molecule has 1 fully saturated rings. The lowest BCUT2D eigenvalue weighted by atomic mass is 10.00. The number of rotatable bonds is 8. The molecule has 0 aliphatic carbocycles. The zero-order valence-corrected chi connectivity index (χ0v) is 20.1. The van der Waals surface area contributed by atoms with Crippen LogP contribution in [0, 0.1) is 13.8 Å². The fourth-order valence-electron chi connectivity index (χ4n) is 3.99. The molecule has 11 nitrogen and oxygen atoms in total. The highest BCUT2D eigenvalue weighted by atomic mass is 16.9. The van der Waals surface area contributed by atoms with Crippen molar-refractivity contribution < 1.29 is 29.8 Å². The lowest BCUT2D eigenvalue weighted by Gasteiger charge is -2.21. The van der Waals surface area contributed by atoms with Gasteiger partial charge in [0.05, 0.1) is 28.8 Å². The molecule has 1 atom stereocenters. The van der Waals surface area contributed by atoms with Crippen LogP contribution in [0.2, 0.25) is 0 Å². The molecule has 2 heterocycles. The van der Waals surface area contributed by atoms with E-state index in [2.05, 4.69) is 20.7 Å². The van der Waals surface area contributed by atoms with Crippen LogP contribution in [0.5, 0.6) is 5.88 Å². The van der Waals surface area contributed by atoms with Crippen LogP contribution < -0.4 is 20.4 Å². The number of nitrogens with zero attached hydrogens (tertiary/aromatic N) is 3. The number of aryl methyl sites for hydroxylation is 2. The summed E-state index contributed by atoms with van der Waals surface area (Å²) in [6.07, 6.45) is 0.921. The van der Waals surface area contributed by atoms with Gasteiger partial charge >= 0.3 is 5.97 Å². The minimum atomic E-state index is -1.87. The molecule has 2 aromatic carbocycles. The van der Waals surface area contributed by atoms with Crippen LogP contribution in [0.25, 0.3) is 11.3 Å². The number of carbonyl (C=O) groups is 1. The Morgan fingerprint density at radius 1 is 1.17 bits per heavy atom. The van der Waals surface area contributed by atoms with Gasteiger partial charge in [0.15, 0.2) is 0 Å². The molecule has 36 heavy (non-hydrogen) atoms. The molecule has 11 heteroatoms. The van der Waals surface area contributed by atoms with E-state index in [-0.39, 0.29) is 29.1 Å². The van der Waals surface area contributed by atoms with Crippen molar-refractivity contribution in [2.75, 3.05) is 31.8 Å². The topological polar surface area (TPSA) is 146 Å². The number of hydrogen-bond acceptors (Lipinski definition) is 9. The second-order valence-electron chi connectivity index (χ2n) is 8.64. The number of anilines is 1. The monoisotopic (exact) mass is 496 g/mol. The van der Waals surface area contributed by atoms with E-state index in [4.69, 9.17) is 9.47 Å². The van der Waals surface area contributed by atoms with Gasteiger partial charge in [-0.25, -0.2) is 9.78 Å². The fourth-order valence-corrected chi connectivity index (χ4v) is 3.99. The van der Waals surface area contributed by atoms with E-state index < -0.39 is 10.9 Å². The van der Waals surface area contributed by atoms with E-state index in [1.807, 2.05) is 32.0 Å². The Bertz CT molecular complexity index is 1210. The number of nitrogens with one attached hydrogen (secondary N) is 2. The van der Waals surface area contributed by atoms with Gasteiger partial charge in [-0.05, 0) is 44.0 Å². The van der Waals surface area contributed by atoms with E-state index >= 15 is 0 Å². The number of carboxylic acid groups (broad SMARTS) is 1. The van der Waals surface area contributed by atoms with Crippen LogP contribution in [0.1, 0.15) is 27.9 Å². The van der Waals surface area contributed by atoms with E-state index in [9.17, 15) is 20.3 Å². The van der Waals surface area contributed by atoms with E-state index in [1.54, 1.807) is 6.07 Å². The zero-order chi connectivity index (χ0) is 25.7. The quantitative estimate of drug-likeness (QED) is 0.232. The first-order valence-electron chi connectivity index (χ1n) is 11.6. The maximum absolute atomic E-state index is 11.3. The molecule has 3 aromatic rings. The molecule has 1 aliphatic heterocycles. The van der Waals surface area contributed by atoms with Crippen molar-refractivity contribution in [3.05, 3.63) is 65.2 Å². The highest BCUT2D eigenvalue weighted by Crippen LogP contribution is 2.30. The molecule has 0 bridgehead atoms. The molecule has 1 aliphatic rings. The first kappa shape index (κ1) is 25.5. The van der Waals surface area contributed by atoms with Crippen molar-refractivity contribution >= 4 is 17.6 Å². The smallest absolute Gasteiger partial charge is 0.335 e. The van der Waals surface area contributed by atoms with Crippen LogP contribution in [-0.4, -0.2) is 63.9 Å². The molecule has 5 N–H and O–H groups in total. The molecule has 0 amide bonds. The molecule has 0 radical (unpaired) electrons. The van der Waals surface area contributed by atoms with Crippen LogP contribution >= 0.6 is 0 Å². The minimum absolute atomic E-state index is 0.0214. The Hall–Kier alpha value is -3.61. The molecule has 1 unspecified atom stereocenters. The Labute approximate surface area is 208 Å². The zero-order valence-electron chi connectivity index (χ0n) is 20.1. The summed E-state index contributed by atoms with van der Waals surface area (Å²) < 4.78 is 11.6. The summed E-state index contributed by atoms with van der Waals surface area (Å²) in [4.78, 5) is 18.3. The van der Waals surface area contributed by atoms with Crippen molar-refractivity contribution in [1.29, 1.82) is 0 Å². The van der Waals surface area contributed by atoms with Crippen molar-refractivity contribution in [3.8, 4) is 17.1 Å². The number of carboxylic acids is 1. The van der Waals surface area contributed by atoms with Gasteiger partial charge < -0.3 is 19.9 Å². The van der Waals surface area contributed by atoms with Crippen LogP contribution in [0.3, 0.4) is 0 Å². The summed E-state index contributed by atoms with van der Waals surface area (Å²) in [7, 11) is 0. The third kappa shape index (κ3) is 6.14. The Kier molecular flexibility index (Phi) is 7.77. The van der Waals surface area contributed by atoms with Crippen LogP contribution in [-0.2, 0) is 4.74 Å². The highest BCUT2D eigenvalue weighted by Gasteiger charge is 2.30. The Balaban J connectivity index is 1.67. The summed E-state index contributed by atoms with van der Waals surface area (Å²) in [6, 6.07) is 12.8. The average molecular weight is 497 g/mol. The van der Waals surface area contributed by atoms with Gasteiger partial charge in [-0.15, -0.1) is 15.8 Å². The number of aromatic carboxylic acids is 1. The van der Waals surface area contributed by atoms with Gasteiger partial charge in [-0.3, -0.25) is 0 Å². The van der Waals surface area contributed by atoms with Crippen molar-refractivity contribution in [2.45, 2.75) is 26.3 Å². The number of benzene rings is 2. The van der Waals surface area contributed by atoms with Gasteiger partial charge in [0.2, 0.25) is 11.6 Å². The molecular weight excluding hydrogens is 466 g/mol. The van der Waals surface area contributed by atoms with Crippen molar-refractivity contribution in [2.24, 2.45) is 0 Å². The van der Waals surface area contributed by atoms with Crippen molar-refractivity contribution in [1.82, 2.24) is 20.2 Å². The third-order valence-corrected chi connectivity index (χ3v) is 5.80. The predicted molar refractivity (Wildman–Crippen MR) is 132 cm³/mol. The normalized spacial score (nSPS) is 16.3. The standard InChI is InChI=1S/C25H29N5O6/c1-16-6-3-7-17(2)23(16)21-13-22(36-15-19-14-35-11-5-10-26-19)28-25(27-21)29-30(33,34)20-9-4-8-18(12-20)24(31)32/h3-4,6-9,12-13,19,26,33-34H,5,10-11,14-15H2,1-2H3,(H-,27,28,29,31,32)/p+1. The first-order chi connectivity index (χ1) is 17.2. The number of ether oxygens (including phenoxy) is 2. The van der Waals surface area contributed by atoms with Gasteiger partial charge in [0.1, 0.15) is 6.61 Å². The fraction of sp³-hybridized carbons (Fsp3) is 0.320. The van der Waals surface area contributed by atoms with Gasteiger partial charge in [0.25, 0.3) is 5.95 Å². The number of quaternary nitrogens is 1. The molecule has 0 spiro atoms. The second-order valence-corrected chi connectivity index (χ2v) is 8.64. The molecular formula is C25H30N5O6+. The predicted octanol–water partition coefficient (Wildman–Crippen LogP) is 3.33. The largest absolute Gasteiger partial charge is 0.478 e. The van der Waals surface area contributed by atoms with Crippen LogP contribution in [0.15, 0.2) is 48.5 Å². The summed E-state index contributed by atoms with van der Waals surface area (Å²) in [5.41, 5.74) is 5.56. The van der Waals surface area contributed by atoms with Gasteiger partial charge in [-0.2, -0.15) is 4.98 Å². The Morgan fingerprint density at radius 2 is 1.92 bits per heavy atom. The highest BCUT2D eigenvalue weighted by molar-refractivity contribution is 5.88. The van der Waals surface area contributed by atoms with E-state index in [0.717, 1.165) is 35.7 Å². The summed E-state index contributed by atoms with van der Waals surface area (Å²) in [6.45, 7) is 6.23. The van der Waals surface area contributed by atoms with Gasteiger partial charge in [-0.1, -0.05) is 24.3 Å². The van der Waals surface area contributed by atoms with E-state index in [0.29, 0.717) is 25.5 Å². The summed E-state index contributed by atoms with van der Waals surface area (Å²) >= 11 is 0. The van der Waals surface area contributed by atoms with Gasteiger partial charge in [0, 0.05) is 30.4 Å².